The number of hydrogen-bond donors (Lipinski definition) is 0. The number of rotatable bonds is 9. The number of allylic oxidation sites excluding steroid dienone is 2. The number of nitrogens with zero attached hydrogens (tertiary/aromatic N) is 1. The molecule has 1 aliphatic carbocycles. The Hall–Kier alpha value is -3.81. The average Bonchev–Trinajstić information content (AvgIpc) is 2.94. The minimum Gasteiger partial charge on any atom is -0.497 e. The van der Waals surface area contributed by atoms with Crippen molar-refractivity contribution in [2.75, 3.05) is 35.0 Å². The third-order valence-electron chi connectivity index (χ3n) is 7.25. The standard InChI is InChI=1S/C30H35NO7/c1-7-12-38-30(33)27-17(2)31-22-13-19(18-8-11-24(35-4)26(15-18)37-6)14-23(32)29(22)28(27)21-10-9-20(34-3)16-25(21)36-5/h8-11,15-16,19,27-28H,7,12-14H2,1-6H3/t19-,27?,28-/m1/s1. The predicted molar refractivity (Wildman–Crippen MR) is 144 cm³/mol. The van der Waals surface area contributed by atoms with Crippen LogP contribution in [0.2, 0.25) is 0 Å². The molecule has 0 spiro atoms. The van der Waals surface area contributed by atoms with E-state index in [0.717, 1.165) is 11.1 Å². The van der Waals surface area contributed by atoms with Gasteiger partial charge in [0.1, 0.15) is 17.4 Å². The molecule has 3 atom stereocenters. The molecule has 38 heavy (non-hydrogen) atoms. The maximum absolute atomic E-state index is 13.9. The minimum absolute atomic E-state index is 0.0431. The smallest absolute Gasteiger partial charge is 0.315 e. The highest BCUT2D eigenvalue weighted by Crippen LogP contribution is 2.49. The van der Waals surface area contributed by atoms with Gasteiger partial charge in [-0.2, -0.15) is 0 Å². The van der Waals surface area contributed by atoms with Gasteiger partial charge in [-0.25, -0.2) is 0 Å². The molecule has 0 fully saturated rings. The van der Waals surface area contributed by atoms with E-state index in [1.165, 1.54) is 0 Å². The van der Waals surface area contributed by atoms with Crippen molar-refractivity contribution in [3.8, 4) is 23.0 Å². The van der Waals surface area contributed by atoms with E-state index < -0.39 is 17.8 Å². The average molecular weight is 522 g/mol. The Morgan fingerprint density at radius 1 is 0.921 bits per heavy atom. The normalized spacial score (nSPS) is 20.8. The fraction of sp³-hybridized carbons (Fsp3) is 0.433. The first kappa shape index (κ1) is 27.2. The number of methoxy groups -OCH3 is 4. The number of benzene rings is 2. The van der Waals surface area contributed by atoms with Crippen molar-refractivity contribution in [1.82, 2.24) is 0 Å². The van der Waals surface area contributed by atoms with E-state index in [4.69, 9.17) is 28.7 Å². The fourth-order valence-electron chi connectivity index (χ4n) is 5.41. The Bertz CT molecular complexity index is 1280. The van der Waals surface area contributed by atoms with Crippen LogP contribution in [0.4, 0.5) is 0 Å². The van der Waals surface area contributed by atoms with E-state index in [2.05, 4.69) is 0 Å². The number of carbonyl (C=O) groups is 2. The molecule has 8 heteroatoms. The van der Waals surface area contributed by atoms with Gasteiger partial charge in [0.25, 0.3) is 0 Å². The number of esters is 1. The second-order valence-electron chi connectivity index (χ2n) is 9.49. The van der Waals surface area contributed by atoms with Crippen LogP contribution < -0.4 is 18.9 Å². The van der Waals surface area contributed by atoms with Gasteiger partial charge in [-0.3, -0.25) is 14.6 Å². The molecular formula is C30H35NO7. The van der Waals surface area contributed by atoms with Crippen molar-refractivity contribution in [2.45, 2.75) is 44.9 Å². The maximum atomic E-state index is 13.9. The van der Waals surface area contributed by atoms with E-state index in [-0.39, 0.29) is 18.1 Å². The summed E-state index contributed by atoms with van der Waals surface area (Å²) in [5.74, 6) is 0.574. The highest BCUT2D eigenvalue weighted by Gasteiger charge is 2.45. The van der Waals surface area contributed by atoms with Crippen LogP contribution in [0.1, 0.15) is 56.1 Å². The van der Waals surface area contributed by atoms with Crippen LogP contribution in [0.15, 0.2) is 52.7 Å². The Labute approximate surface area is 223 Å². The lowest BCUT2D eigenvalue weighted by molar-refractivity contribution is -0.146. The molecule has 0 radical (unpaired) electrons. The summed E-state index contributed by atoms with van der Waals surface area (Å²) in [4.78, 5) is 32.1. The van der Waals surface area contributed by atoms with Crippen LogP contribution in [-0.2, 0) is 14.3 Å². The molecule has 0 saturated heterocycles. The van der Waals surface area contributed by atoms with Crippen molar-refractivity contribution < 1.29 is 33.3 Å². The predicted octanol–water partition coefficient (Wildman–Crippen LogP) is 5.25. The molecule has 2 aromatic carbocycles. The third-order valence-corrected chi connectivity index (χ3v) is 7.25. The van der Waals surface area contributed by atoms with Crippen LogP contribution in [0.5, 0.6) is 23.0 Å². The highest BCUT2D eigenvalue weighted by atomic mass is 16.5. The summed E-state index contributed by atoms with van der Waals surface area (Å²) in [6, 6.07) is 11.2. The SMILES string of the molecule is CCCOC(=O)C1C(C)=NC2=C(C(=O)C[C@H](c3ccc(OC)c(OC)c3)C2)[C@@H]1c1ccc(OC)cc1OC. The number of Topliss-reactive ketones (excluding diaryl/α,β-unsaturated/α-hetero) is 1. The second kappa shape index (κ2) is 11.7. The Balaban J connectivity index is 1.81. The topological polar surface area (TPSA) is 92.7 Å². The molecule has 0 saturated carbocycles. The monoisotopic (exact) mass is 521 g/mol. The number of carbonyl (C=O) groups excluding carboxylic acids is 2. The zero-order valence-electron chi connectivity index (χ0n) is 22.8. The number of ether oxygens (including phenoxy) is 5. The first-order valence-electron chi connectivity index (χ1n) is 12.8. The van der Waals surface area contributed by atoms with Crippen LogP contribution in [0, 0.1) is 5.92 Å². The number of hydrogen-bond acceptors (Lipinski definition) is 8. The molecular weight excluding hydrogens is 486 g/mol. The maximum Gasteiger partial charge on any atom is 0.315 e. The summed E-state index contributed by atoms with van der Waals surface area (Å²) in [5, 5.41) is 0. The molecule has 4 rings (SSSR count). The summed E-state index contributed by atoms with van der Waals surface area (Å²) >= 11 is 0. The first-order chi connectivity index (χ1) is 18.4. The summed E-state index contributed by atoms with van der Waals surface area (Å²) < 4.78 is 27.5. The van der Waals surface area contributed by atoms with Gasteiger partial charge in [0.2, 0.25) is 0 Å². The second-order valence-corrected chi connectivity index (χ2v) is 9.49. The lowest BCUT2D eigenvalue weighted by Gasteiger charge is -2.37. The Morgan fingerprint density at radius 3 is 2.32 bits per heavy atom. The third kappa shape index (κ3) is 5.12. The molecule has 1 unspecified atom stereocenters. The van der Waals surface area contributed by atoms with Gasteiger partial charge in [0.05, 0.1) is 35.0 Å². The van der Waals surface area contributed by atoms with Gasteiger partial charge < -0.3 is 23.7 Å². The van der Waals surface area contributed by atoms with E-state index in [1.807, 2.05) is 44.2 Å². The van der Waals surface area contributed by atoms with Crippen LogP contribution in [-0.4, -0.2) is 52.5 Å². The van der Waals surface area contributed by atoms with Gasteiger partial charge in [-0.15, -0.1) is 0 Å². The highest BCUT2D eigenvalue weighted by molar-refractivity contribution is 6.09. The Kier molecular flexibility index (Phi) is 8.39. The summed E-state index contributed by atoms with van der Waals surface area (Å²) in [6.07, 6.45) is 1.54. The van der Waals surface area contributed by atoms with E-state index >= 15 is 0 Å². The number of ketones is 1. The molecule has 2 aliphatic rings. The minimum atomic E-state index is -0.732. The van der Waals surface area contributed by atoms with Crippen molar-refractivity contribution in [1.29, 1.82) is 0 Å². The lowest BCUT2D eigenvalue weighted by Crippen LogP contribution is -2.38. The van der Waals surface area contributed by atoms with Crippen molar-refractivity contribution >= 4 is 17.5 Å². The van der Waals surface area contributed by atoms with E-state index in [9.17, 15) is 9.59 Å². The van der Waals surface area contributed by atoms with E-state index in [1.54, 1.807) is 34.5 Å². The zero-order valence-corrected chi connectivity index (χ0v) is 22.8. The van der Waals surface area contributed by atoms with Crippen LogP contribution in [0.25, 0.3) is 0 Å². The van der Waals surface area contributed by atoms with Crippen LogP contribution >= 0.6 is 0 Å². The first-order valence-corrected chi connectivity index (χ1v) is 12.8. The molecule has 8 nitrogen and oxygen atoms in total. The zero-order chi connectivity index (χ0) is 27.4. The molecule has 0 bridgehead atoms. The van der Waals surface area contributed by atoms with Gasteiger partial charge in [0.15, 0.2) is 17.3 Å². The largest absolute Gasteiger partial charge is 0.497 e. The molecule has 0 amide bonds. The van der Waals surface area contributed by atoms with Crippen molar-refractivity contribution in [3.63, 3.8) is 0 Å². The molecule has 1 aliphatic heterocycles. The molecule has 2 aromatic rings. The van der Waals surface area contributed by atoms with Gasteiger partial charge in [-0.05, 0) is 49.4 Å². The van der Waals surface area contributed by atoms with E-state index in [0.29, 0.717) is 59.4 Å². The summed E-state index contributed by atoms with van der Waals surface area (Å²) in [6.45, 7) is 4.07. The van der Waals surface area contributed by atoms with Gasteiger partial charge >= 0.3 is 5.97 Å². The quantitative estimate of drug-likeness (QED) is 0.416. The van der Waals surface area contributed by atoms with Crippen molar-refractivity contribution in [3.05, 3.63) is 58.8 Å². The van der Waals surface area contributed by atoms with Crippen molar-refractivity contribution in [2.24, 2.45) is 10.9 Å². The molecule has 202 valence electrons. The van der Waals surface area contributed by atoms with Gasteiger partial charge in [-0.1, -0.05) is 19.1 Å². The lowest BCUT2D eigenvalue weighted by atomic mass is 9.69. The molecule has 0 aromatic heterocycles. The molecule has 0 N–H and O–H groups in total. The summed E-state index contributed by atoms with van der Waals surface area (Å²) in [5.41, 5.74) is 3.56. The number of aliphatic imine (C=N–C) groups is 1. The fourth-order valence-corrected chi connectivity index (χ4v) is 5.41. The molecule has 1 heterocycles. The summed E-state index contributed by atoms with van der Waals surface area (Å²) in [7, 11) is 6.33. The van der Waals surface area contributed by atoms with Gasteiger partial charge in [0, 0.05) is 41.0 Å². The Morgan fingerprint density at radius 2 is 1.66 bits per heavy atom. The van der Waals surface area contributed by atoms with Crippen LogP contribution in [0.3, 0.4) is 0 Å².